The number of rotatable bonds is 4. The summed E-state index contributed by atoms with van der Waals surface area (Å²) in [5, 5.41) is 4.99. The van der Waals surface area contributed by atoms with Crippen LogP contribution in [0.4, 0.5) is 0 Å². The standard InChI is InChI=1S/C21H16N2O2/c24-21(18-8-3-6-16-5-1-2-7-17(16)18)23-14-15-10-11-22-19(13-15)20-9-4-12-25-20/h1-13H,14H2,(H,23,24). The van der Waals surface area contributed by atoms with E-state index in [1.165, 1.54) is 0 Å². The van der Waals surface area contributed by atoms with Crippen LogP contribution < -0.4 is 5.32 Å². The Labute approximate surface area is 145 Å². The number of hydrogen-bond acceptors (Lipinski definition) is 3. The van der Waals surface area contributed by atoms with E-state index in [2.05, 4.69) is 10.3 Å². The lowest BCUT2D eigenvalue weighted by Crippen LogP contribution is -2.23. The molecule has 0 fully saturated rings. The average Bonchev–Trinajstić information content (AvgIpc) is 3.21. The number of carbonyl (C=O) groups excluding carboxylic acids is 1. The zero-order valence-corrected chi connectivity index (χ0v) is 13.5. The van der Waals surface area contributed by atoms with Gasteiger partial charge in [0.05, 0.1) is 6.26 Å². The van der Waals surface area contributed by atoms with Gasteiger partial charge in [-0.25, -0.2) is 0 Å². The second kappa shape index (κ2) is 6.61. The third-order valence-corrected chi connectivity index (χ3v) is 4.09. The summed E-state index contributed by atoms with van der Waals surface area (Å²) in [6, 6.07) is 21.1. The van der Waals surface area contributed by atoms with Gasteiger partial charge in [-0.3, -0.25) is 9.78 Å². The second-order valence-electron chi connectivity index (χ2n) is 5.74. The van der Waals surface area contributed by atoms with E-state index in [1.54, 1.807) is 12.5 Å². The van der Waals surface area contributed by atoms with Crippen LogP contribution in [-0.2, 0) is 6.54 Å². The number of fused-ring (bicyclic) bond motifs is 1. The maximum absolute atomic E-state index is 12.6. The van der Waals surface area contributed by atoms with Crippen LogP contribution in [0.1, 0.15) is 15.9 Å². The van der Waals surface area contributed by atoms with Gasteiger partial charge >= 0.3 is 0 Å². The van der Waals surface area contributed by atoms with Crippen molar-refractivity contribution >= 4 is 16.7 Å². The molecule has 1 amide bonds. The fourth-order valence-corrected chi connectivity index (χ4v) is 2.84. The van der Waals surface area contributed by atoms with Crippen molar-refractivity contribution in [3.8, 4) is 11.5 Å². The number of furan rings is 1. The Balaban J connectivity index is 1.53. The number of nitrogens with one attached hydrogen (secondary N) is 1. The molecule has 1 N–H and O–H groups in total. The van der Waals surface area contributed by atoms with E-state index in [4.69, 9.17) is 4.42 Å². The number of aromatic nitrogens is 1. The summed E-state index contributed by atoms with van der Waals surface area (Å²) in [5.41, 5.74) is 2.40. The molecule has 25 heavy (non-hydrogen) atoms. The summed E-state index contributed by atoms with van der Waals surface area (Å²) >= 11 is 0. The predicted octanol–water partition coefficient (Wildman–Crippen LogP) is 4.42. The smallest absolute Gasteiger partial charge is 0.252 e. The largest absolute Gasteiger partial charge is 0.463 e. The first kappa shape index (κ1) is 15.1. The topological polar surface area (TPSA) is 55.1 Å². The molecule has 0 saturated heterocycles. The van der Waals surface area contributed by atoms with Crippen molar-refractivity contribution in [1.82, 2.24) is 10.3 Å². The molecule has 4 aromatic rings. The average molecular weight is 328 g/mol. The zero-order chi connectivity index (χ0) is 17.1. The maximum Gasteiger partial charge on any atom is 0.252 e. The zero-order valence-electron chi connectivity index (χ0n) is 13.5. The summed E-state index contributed by atoms with van der Waals surface area (Å²) in [5.74, 6) is 0.621. The first-order valence-electron chi connectivity index (χ1n) is 8.06. The van der Waals surface area contributed by atoms with E-state index in [9.17, 15) is 4.79 Å². The highest BCUT2D eigenvalue weighted by molar-refractivity contribution is 6.06. The lowest BCUT2D eigenvalue weighted by atomic mass is 10.0. The second-order valence-corrected chi connectivity index (χ2v) is 5.74. The molecule has 4 rings (SSSR count). The van der Waals surface area contributed by atoms with Gasteiger partial charge in [0.2, 0.25) is 0 Å². The molecular formula is C21H16N2O2. The quantitative estimate of drug-likeness (QED) is 0.603. The lowest BCUT2D eigenvalue weighted by molar-refractivity contribution is 0.0952. The number of carbonyl (C=O) groups is 1. The first-order valence-corrected chi connectivity index (χ1v) is 8.06. The fraction of sp³-hybridized carbons (Fsp3) is 0.0476. The normalized spacial score (nSPS) is 10.7. The molecule has 0 bridgehead atoms. The van der Waals surface area contributed by atoms with Gasteiger partial charge in [-0.1, -0.05) is 36.4 Å². The van der Waals surface area contributed by atoms with Crippen molar-refractivity contribution in [3.63, 3.8) is 0 Å². The summed E-state index contributed by atoms with van der Waals surface area (Å²) in [6.07, 6.45) is 3.34. The third kappa shape index (κ3) is 3.15. The van der Waals surface area contributed by atoms with Crippen molar-refractivity contribution in [2.75, 3.05) is 0 Å². The molecule has 0 aliphatic rings. The highest BCUT2D eigenvalue weighted by Crippen LogP contribution is 2.20. The molecule has 4 heteroatoms. The molecule has 0 spiro atoms. The molecule has 4 nitrogen and oxygen atoms in total. The monoisotopic (exact) mass is 328 g/mol. The molecule has 2 aromatic carbocycles. The van der Waals surface area contributed by atoms with Crippen LogP contribution in [0, 0.1) is 0 Å². The Morgan fingerprint density at radius 1 is 1.00 bits per heavy atom. The van der Waals surface area contributed by atoms with Gasteiger partial charge in [0.25, 0.3) is 5.91 Å². The van der Waals surface area contributed by atoms with Gasteiger partial charge in [-0.2, -0.15) is 0 Å². The van der Waals surface area contributed by atoms with E-state index in [-0.39, 0.29) is 5.91 Å². The number of hydrogen-bond donors (Lipinski definition) is 1. The molecule has 0 aliphatic carbocycles. The van der Waals surface area contributed by atoms with Gasteiger partial charge in [-0.05, 0) is 46.7 Å². The summed E-state index contributed by atoms with van der Waals surface area (Å²) in [6.45, 7) is 0.429. The predicted molar refractivity (Wildman–Crippen MR) is 97.1 cm³/mol. The highest BCUT2D eigenvalue weighted by atomic mass is 16.3. The highest BCUT2D eigenvalue weighted by Gasteiger charge is 2.10. The maximum atomic E-state index is 12.6. The van der Waals surface area contributed by atoms with Crippen LogP contribution in [-0.4, -0.2) is 10.9 Å². The van der Waals surface area contributed by atoms with Crippen LogP contribution in [0.3, 0.4) is 0 Å². The summed E-state index contributed by atoms with van der Waals surface area (Å²) in [4.78, 5) is 16.9. The molecule has 0 aliphatic heterocycles. The van der Waals surface area contributed by atoms with Crippen LogP contribution in [0.2, 0.25) is 0 Å². The minimum Gasteiger partial charge on any atom is -0.463 e. The van der Waals surface area contributed by atoms with Gasteiger partial charge in [0.15, 0.2) is 5.76 Å². The van der Waals surface area contributed by atoms with Gasteiger partial charge < -0.3 is 9.73 Å². The van der Waals surface area contributed by atoms with Crippen LogP contribution in [0.5, 0.6) is 0 Å². The van der Waals surface area contributed by atoms with E-state index >= 15 is 0 Å². The summed E-state index contributed by atoms with van der Waals surface area (Å²) in [7, 11) is 0. The molecule has 0 radical (unpaired) electrons. The number of nitrogens with zero attached hydrogens (tertiary/aromatic N) is 1. The van der Waals surface area contributed by atoms with Crippen LogP contribution >= 0.6 is 0 Å². The molecule has 0 atom stereocenters. The Hall–Kier alpha value is -3.40. The number of amides is 1. The van der Waals surface area contributed by atoms with Crippen molar-refractivity contribution in [3.05, 3.63) is 90.3 Å². The molecule has 0 saturated carbocycles. The number of pyridine rings is 1. The van der Waals surface area contributed by atoms with E-state index < -0.39 is 0 Å². The van der Waals surface area contributed by atoms with E-state index in [0.717, 1.165) is 22.0 Å². The van der Waals surface area contributed by atoms with Crippen molar-refractivity contribution < 1.29 is 9.21 Å². The molecule has 0 unspecified atom stereocenters. The Bertz CT molecular complexity index is 1020. The SMILES string of the molecule is O=C(NCc1ccnc(-c2ccco2)c1)c1cccc2ccccc12. The Morgan fingerprint density at radius 3 is 2.76 bits per heavy atom. The van der Waals surface area contributed by atoms with Gasteiger partial charge in [-0.15, -0.1) is 0 Å². The van der Waals surface area contributed by atoms with Gasteiger partial charge in [0, 0.05) is 18.3 Å². The van der Waals surface area contributed by atoms with Crippen molar-refractivity contribution in [2.24, 2.45) is 0 Å². The molecule has 2 heterocycles. The van der Waals surface area contributed by atoms with Crippen LogP contribution in [0.25, 0.3) is 22.2 Å². The minimum absolute atomic E-state index is 0.0897. The van der Waals surface area contributed by atoms with Crippen LogP contribution in [0.15, 0.2) is 83.6 Å². The van der Waals surface area contributed by atoms with E-state index in [1.807, 2.05) is 66.7 Å². The third-order valence-electron chi connectivity index (χ3n) is 4.09. The first-order chi connectivity index (χ1) is 12.3. The molecule has 122 valence electrons. The number of benzene rings is 2. The van der Waals surface area contributed by atoms with Crippen molar-refractivity contribution in [2.45, 2.75) is 6.54 Å². The minimum atomic E-state index is -0.0897. The van der Waals surface area contributed by atoms with E-state index in [0.29, 0.717) is 17.9 Å². The van der Waals surface area contributed by atoms with Crippen molar-refractivity contribution in [1.29, 1.82) is 0 Å². The Kier molecular flexibility index (Phi) is 4.01. The summed E-state index contributed by atoms with van der Waals surface area (Å²) < 4.78 is 5.37. The fourth-order valence-electron chi connectivity index (χ4n) is 2.84. The Morgan fingerprint density at radius 2 is 1.88 bits per heavy atom. The molecule has 2 aromatic heterocycles. The lowest BCUT2D eigenvalue weighted by Gasteiger charge is -2.09. The van der Waals surface area contributed by atoms with Gasteiger partial charge in [0.1, 0.15) is 5.69 Å². The molecular weight excluding hydrogens is 312 g/mol.